The van der Waals surface area contributed by atoms with Gasteiger partial charge in [-0.25, -0.2) is 17.9 Å². The first-order chi connectivity index (χ1) is 13.7. The van der Waals surface area contributed by atoms with Gasteiger partial charge in [-0.1, -0.05) is 12.1 Å². The van der Waals surface area contributed by atoms with Gasteiger partial charge in [0.05, 0.1) is 16.3 Å². The first-order valence-electron chi connectivity index (χ1n) is 8.78. The molecule has 0 radical (unpaired) electrons. The maximum absolute atomic E-state index is 13.0. The van der Waals surface area contributed by atoms with Crippen LogP contribution in [-0.4, -0.2) is 35.9 Å². The predicted octanol–water partition coefficient (Wildman–Crippen LogP) is 3.06. The lowest BCUT2D eigenvalue weighted by Crippen LogP contribution is -2.16. The molecule has 0 aliphatic carbocycles. The molecule has 0 bridgehead atoms. The third-order valence-corrected chi connectivity index (χ3v) is 5.88. The van der Waals surface area contributed by atoms with Crippen molar-refractivity contribution >= 4 is 21.7 Å². The number of ether oxygens (including phenoxy) is 1. The van der Waals surface area contributed by atoms with Gasteiger partial charge in [0.1, 0.15) is 5.75 Å². The second-order valence-electron chi connectivity index (χ2n) is 6.56. The summed E-state index contributed by atoms with van der Waals surface area (Å²) in [5.74, 6) is -0.892. The van der Waals surface area contributed by atoms with Crippen LogP contribution in [0.4, 0.5) is 5.69 Å². The summed E-state index contributed by atoms with van der Waals surface area (Å²) >= 11 is 0. The molecule has 0 spiro atoms. The monoisotopic (exact) mass is 415 g/mol. The summed E-state index contributed by atoms with van der Waals surface area (Å²) in [7, 11) is -3.92. The van der Waals surface area contributed by atoms with Crippen molar-refractivity contribution in [2.45, 2.75) is 25.7 Å². The highest BCUT2D eigenvalue weighted by Gasteiger charge is 2.21. The SMILES string of the molecule is Cc1ccc(S(=O)(=O)Nc2cccc(-n3nccc3C)c2)c(C)c1OCC(=O)O. The number of nitrogens with zero attached hydrogens (tertiary/aromatic N) is 2. The van der Waals surface area contributed by atoms with Gasteiger partial charge in [0.2, 0.25) is 0 Å². The minimum absolute atomic E-state index is 0.0177. The number of hydrogen-bond donors (Lipinski definition) is 2. The fourth-order valence-corrected chi connectivity index (χ4v) is 4.30. The van der Waals surface area contributed by atoms with Gasteiger partial charge in [-0.05, 0) is 56.7 Å². The van der Waals surface area contributed by atoms with E-state index in [0.29, 0.717) is 16.8 Å². The predicted molar refractivity (Wildman–Crippen MR) is 108 cm³/mol. The summed E-state index contributed by atoms with van der Waals surface area (Å²) in [6, 6.07) is 11.8. The number of carboxylic acids is 1. The van der Waals surface area contributed by atoms with E-state index in [2.05, 4.69) is 9.82 Å². The van der Waals surface area contributed by atoms with E-state index in [4.69, 9.17) is 9.84 Å². The Morgan fingerprint density at radius 2 is 1.93 bits per heavy atom. The summed E-state index contributed by atoms with van der Waals surface area (Å²) < 4.78 is 35.5. The van der Waals surface area contributed by atoms with Crippen molar-refractivity contribution in [2.24, 2.45) is 0 Å². The molecule has 0 unspecified atom stereocenters. The average Bonchev–Trinajstić information content (AvgIpc) is 3.07. The van der Waals surface area contributed by atoms with Crippen LogP contribution in [0, 0.1) is 20.8 Å². The number of carbonyl (C=O) groups is 1. The summed E-state index contributed by atoms with van der Waals surface area (Å²) in [4.78, 5) is 10.8. The Hall–Kier alpha value is -3.33. The van der Waals surface area contributed by atoms with E-state index in [1.54, 1.807) is 49.0 Å². The van der Waals surface area contributed by atoms with Crippen molar-refractivity contribution in [3.63, 3.8) is 0 Å². The first kappa shape index (κ1) is 20.4. The molecule has 0 saturated carbocycles. The van der Waals surface area contributed by atoms with Crippen LogP contribution >= 0.6 is 0 Å². The Kier molecular flexibility index (Phi) is 5.60. The zero-order chi connectivity index (χ0) is 21.2. The first-order valence-corrected chi connectivity index (χ1v) is 10.3. The Morgan fingerprint density at radius 1 is 1.17 bits per heavy atom. The van der Waals surface area contributed by atoms with Crippen LogP contribution < -0.4 is 9.46 Å². The quantitative estimate of drug-likeness (QED) is 0.614. The number of nitrogens with one attached hydrogen (secondary N) is 1. The van der Waals surface area contributed by atoms with Crippen LogP contribution in [0.2, 0.25) is 0 Å². The molecule has 0 saturated heterocycles. The number of hydrogen-bond acceptors (Lipinski definition) is 5. The van der Waals surface area contributed by atoms with Crippen LogP contribution in [0.3, 0.4) is 0 Å². The topological polar surface area (TPSA) is 111 Å². The lowest BCUT2D eigenvalue weighted by Gasteiger charge is -2.16. The molecule has 1 aromatic heterocycles. The highest BCUT2D eigenvalue weighted by Crippen LogP contribution is 2.30. The fourth-order valence-electron chi connectivity index (χ4n) is 3.01. The number of sulfonamides is 1. The van der Waals surface area contributed by atoms with Crippen LogP contribution in [0.5, 0.6) is 5.75 Å². The van der Waals surface area contributed by atoms with Crippen molar-refractivity contribution in [3.8, 4) is 11.4 Å². The number of rotatable bonds is 7. The third kappa shape index (κ3) is 4.40. The maximum Gasteiger partial charge on any atom is 0.341 e. The van der Waals surface area contributed by atoms with Crippen LogP contribution in [0.15, 0.2) is 53.6 Å². The molecule has 9 heteroatoms. The molecular formula is C20H21N3O5S. The van der Waals surface area contributed by atoms with Crippen molar-refractivity contribution in [1.82, 2.24) is 9.78 Å². The molecule has 8 nitrogen and oxygen atoms in total. The minimum atomic E-state index is -3.92. The van der Waals surface area contributed by atoms with E-state index in [1.807, 2.05) is 19.1 Å². The molecule has 0 aliphatic rings. The number of carboxylic acid groups (broad SMARTS) is 1. The Labute approximate surface area is 168 Å². The van der Waals surface area contributed by atoms with Crippen molar-refractivity contribution < 1.29 is 23.1 Å². The summed E-state index contributed by atoms with van der Waals surface area (Å²) in [6.45, 7) is 4.66. The highest BCUT2D eigenvalue weighted by molar-refractivity contribution is 7.92. The van der Waals surface area contributed by atoms with Gasteiger partial charge in [-0.3, -0.25) is 4.72 Å². The standard InChI is InChI=1S/C20H21N3O5S/c1-13-7-8-18(15(3)20(13)28-12-19(24)25)29(26,27)22-16-5-4-6-17(11-16)23-14(2)9-10-21-23/h4-11,22H,12H2,1-3H3,(H,24,25). The van der Waals surface area contributed by atoms with E-state index in [1.165, 1.54) is 6.07 Å². The summed E-state index contributed by atoms with van der Waals surface area (Å²) in [5.41, 5.74) is 3.01. The fraction of sp³-hybridized carbons (Fsp3) is 0.200. The van der Waals surface area contributed by atoms with Gasteiger partial charge in [0.15, 0.2) is 6.61 Å². The molecule has 2 aromatic carbocycles. The lowest BCUT2D eigenvalue weighted by atomic mass is 10.1. The Bertz CT molecular complexity index is 1170. The molecule has 0 atom stereocenters. The van der Waals surface area contributed by atoms with Crippen molar-refractivity contribution in [3.05, 3.63) is 65.5 Å². The van der Waals surface area contributed by atoms with Crippen LogP contribution in [-0.2, 0) is 14.8 Å². The largest absolute Gasteiger partial charge is 0.481 e. The van der Waals surface area contributed by atoms with Gasteiger partial charge >= 0.3 is 5.97 Å². The van der Waals surface area contributed by atoms with E-state index in [0.717, 1.165) is 11.4 Å². The van der Waals surface area contributed by atoms with E-state index in [-0.39, 0.29) is 10.6 Å². The zero-order valence-corrected chi connectivity index (χ0v) is 17.0. The molecule has 29 heavy (non-hydrogen) atoms. The van der Waals surface area contributed by atoms with Crippen molar-refractivity contribution in [1.29, 1.82) is 0 Å². The highest BCUT2D eigenvalue weighted by atomic mass is 32.2. The Morgan fingerprint density at radius 3 is 2.59 bits per heavy atom. The van der Waals surface area contributed by atoms with Crippen LogP contribution in [0.1, 0.15) is 16.8 Å². The van der Waals surface area contributed by atoms with Gasteiger partial charge in [0.25, 0.3) is 10.0 Å². The molecule has 0 amide bonds. The number of anilines is 1. The van der Waals surface area contributed by atoms with Crippen molar-refractivity contribution in [2.75, 3.05) is 11.3 Å². The average molecular weight is 415 g/mol. The molecular weight excluding hydrogens is 394 g/mol. The molecule has 1 heterocycles. The lowest BCUT2D eigenvalue weighted by molar-refractivity contribution is -0.139. The molecule has 2 N–H and O–H groups in total. The molecule has 152 valence electrons. The van der Waals surface area contributed by atoms with Gasteiger partial charge in [-0.2, -0.15) is 5.10 Å². The maximum atomic E-state index is 13.0. The number of benzene rings is 2. The van der Waals surface area contributed by atoms with E-state index >= 15 is 0 Å². The number of aromatic nitrogens is 2. The number of aliphatic carboxylic acids is 1. The van der Waals surface area contributed by atoms with Crippen LogP contribution in [0.25, 0.3) is 5.69 Å². The van der Waals surface area contributed by atoms with E-state index < -0.39 is 22.6 Å². The molecule has 3 aromatic rings. The van der Waals surface area contributed by atoms with Gasteiger partial charge in [-0.15, -0.1) is 0 Å². The molecule has 3 rings (SSSR count). The molecule has 0 aliphatic heterocycles. The van der Waals surface area contributed by atoms with Gasteiger partial charge in [0, 0.05) is 17.5 Å². The molecule has 0 fully saturated rings. The normalized spacial score (nSPS) is 11.3. The van der Waals surface area contributed by atoms with E-state index in [9.17, 15) is 13.2 Å². The minimum Gasteiger partial charge on any atom is -0.481 e. The second-order valence-corrected chi connectivity index (χ2v) is 8.21. The smallest absolute Gasteiger partial charge is 0.341 e. The number of aryl methyl sites for hydroxylation is 2. The summed E-state index contributed by atoms with van der Waals surface area (Å²) in [6.07, 6.45) is 1.67. The second kappa shape index (κ2) is 7.96. The third-order valence-electron chi connectivity index (χ3n) is 4.36. The zero-order valence-electron chi connectivity index (χ0n) is 16.2. The summed E-state index contributed by atoms with van der Waals surface area (Å²) in [5, 5.41) is 13.1. The van der Waals surface area contributed by atoms with Gasteiger partial charge < -0.3 is 9.84 Å². The Balaban J connectivity index is 1.93.